The first-order valence-electron chi connectivity index (χ1n) is 5.96. The Bertz CT molecular complexity index is 655. The van der Waals surface area contributed by atoms with E-state index in [1.165, 1.54) is 29.3 Å². The molecule has 6 heteroatoms. The van der Waals surface area contributed by atoms with Gasteiger partial charge in [-0.3, -0.25) is 14.9 Å². The van der Waals surface area contributed by atoms with Crippen LogP contribution in [0.2, 0.25) is 0 Å². The number of hydrogen-bond donors (Lipinski definition) is 0. The van der Waals surface area contributed by atoms with Crippen LogP contribution in [0.15, 0.2) is 54.6 Å². The lowest BCUT2D eigenvalue weighted by Gasteiger charge is -1.99. The van der Waals surface area contributed by atoms with E-state index in [9.17, 15) is 14.9 Å². The van der Waals surface area contributed by atoms with Gasteiger partial charge < -0.3 is 0 Å². The Morgan fingerprint density at radius 2 is 1.75 bits per heavy atom. The molecule has 1 saturated heterocycles. The summed E-state index contributed by atoms with van der Waals surface area (Å²) in [4.78, 5) is 27.4. The molecule has 3 rings (SSSR count). The predicted octanol–water partition coefficient (Wildman–Crippen LogP) is 2.68. The van der Waals surface area contributed by atoms with Crippen molar-refractivity contribution in [3.05, 3.63) is 75.8 Å². The number of nitrogens with zero attached hydrogens (tertiary/aromatic N) is 2. The topological polar surface area (TPSA) is 75.7 Å². The molecule has 0 radical (unpaired) electrons. The second-order valence-corrected chi connectivity index (χ2v) is 4.30. The van der Waals surface area contributed by atoms with Gasteiger partial charge in [0.1, 0.15) is 0 Å². The molecule has 1 aliphatic rings. The highest BCUT2D eigenvalue weighted by molar-refractivity contribution is 5.94. The van der Waals surface area contributed by atoms with Gasteiger partial charge in [0.15, 0.2) is 0 Å². The zero-order valence-electron chi connectivity index (χ0n) is 10.3. The number of rotatable bonds is 3. The molecular weight excluding hydrogens is 260 g/mol. The van der Waals surface area contributed by atoms with Crippen molar-refractivity contribution in [2.75, 3.05) is 0 Å². The largest absolute Gasteiger partial charge is 0.280 e. The van der Waals surface area contributed by atoms with Crippen LogP contribution in [0.25, 0.3) is 0 Å². The van der Waals surface area contributed by atoms with E-state index >= 15 is 0 Å². The van der Waals surface area contributed by atoms with Crippen molar-refractivity contribution in [1.82, 2.24) is 5.06 Å². The standard InChI is InChI=1S/C14H10N2O4/c17-13(10-6-8-12(9-7-10)16(18)19)15-14(20-15)11-4-2-1-3-5-11/h1-9,14H. The number of non-ortho nitro benzene ring substituents is 1. The third-order valence-corrected chi connectivity index (χ3v) is 2.99. The molecule has 1 fully saturated rings. The number of carbonyl (C=O) groups is 1. The highest BCUT2D eigenvalue weighted by atomic mass is 16.8. The fourth-order valence-electron chi connectivity index (χ4n) is 1.90. The van der Waals surface area contributed by atoms with E-state index in [1.807, 2.05) is 30.3 Å². The summed E-state index contributed by atoms with van der Waals surface area (Å²) in [6.07, 6.45) is -0.376. The van der Waals surface area contributed by atoms with Crippen LogP contribution in [0.5, 0.6) is 0 Å². The summed E-state index contributed by atoms with van der Waals surface area (Å²) in [7, 11) is 0. The quantitative estimate of drug-likeness (QED) is 0.488. The van der Waals surface area contributed by atoms with Crippen LogP contribution >= 0.6 is 0 Å². The Hall–Kier alpha value is -2.73. The Kier molecular flexibility index (Phi) is 2.92. The fourth-order valence-corrected chi connectivity index (χ4v) is 1.90. The summed E-state index contributed by atoms with van der Waals surface area (Å²) in [5.74, 6) is -0.311. The van der Waals surface area contributed by atoms with Crippen LogP contribution in [0.3, 0.4) is 0 Å². The molecule has 0 N–H and O–H groups in total. The highest BCUT2D eigenvalue weighted by Crippen LogP contribution is 2.38. The predicted molar refractivity (Wildman–Crippen MR) is 69.5 cm³/mol. The Labute approximate surface area is 114 Å². The van der Waals surface area contributed by atoms with Gasteiger partial charge in [0.2, 0.25) is 6.23 Å². The van der Waals surface area contributed by atoms with Gasteiger partial charge in [-0.05, 0) is 12.1 Å². The number of carbonyl (C=O) groups excluding carboxylic acids is 1. The summed E-state index contributed by atoms with van der Waals surface area (Å²) < 4.78 is 0. The zero-order chi connectivity index (χ0) is 14.1. The van der Waals surface area contributed by atoms with Gasteiger partial charge in [0.05, 0.1) is 4.92 Å². The van der Waals surface area contributed by atoms with E-state index in [2.05, 4.69) is 0 Å². The van der Waals surface area contributed by atoms with Crippen molar-refractivity contribution in [2.45, 2.75) is 6.23 Å². The number of benzene rings is 2. The van der Waals surface area contributed by atoms with E-state index in [0.29, 0.717) is 5.56 Å². The lowest BCUT2D eigenvalue weighted by atomic mass is 10.2. The molecule has 0 saturated carbocycles. The lowest BCUT2D eigenvalue weighted by molar-refractivity contribution is -0.384. The van der Waals surface area contributed by atoms with Crippen LogP contribution < -0.4 is 0 Å². The summed E-state index contributed by atoms with van der Waals surface area (Å²) in [6.45, 7) is 0. The Morgan fingerprint density at radius 1 is 1.10 bits per heavy atom. The maximum atomic E-state index is 12.1. The van der Waals surface area contributed by atoms with Gasteiger partial charge in [-0.2, -0.15) is 5.06 Å². The van der Waals surface area contributed by atoms with Crippen molar-refractivity contribution >= 4 is 11.6 Å². The van der Waals surface area contributed by atoms with E-state index in [4.69, 9.17) is 4.84 Å². The average molecular weight is 270 g/mol. The van der Waals surface area contributed by atoms with E-state index in [-0.39, 0.29) is 17.8 Å². The number of hydrogen-bond acceptors (Lipinski definition) is 4. The van der Waals surface area contributed by atoms with Crippen LogP contribution in [-0.2, 0) is 4.84 Å². The fraction of sp³-hybridized carbons (Fsp3) is 0.0714. The lowest BCUT2D eigenvalue weighted by Crippen LogP contribution is -2.11. The van der Waals surface area contributed by atoms with Gasteiger partial charge in [-0.15, -0.1) is 0 Å². The molecule has 0 aromatic heterocycles. The van der Waals surface area contributed by atoms with Gasteiger partial charge in [0.25, 0.3) is 11.6 Å². The second kappa shape index (κ2) is 4.75. The number of amides is 1. The van der Waals surface area contributed by atoms with Crippen LogP contribution in [0.4, 0.5) is 5.69 Å². The van der Waals surface area contributed by atoms with E-state index in [1.54, 1.807) is 0 Å². The first kappa shape index (κ1) is 12.3. The van der Waals surface area contributed by atoms with Crippen LogP contribution in [-0.4, -0.2) is 15.9 Å². The van der Waals surface area contributed by atoms with Crippen LogP contribution in [0, 0.1) is 10.1 Å². The zero-order valence-corrected chi connectivity index (χ0v) is 10.3. The molecule has 20 heavy (non-hydrogen) atoms. The second-order valence-electron chi connectivity index (χ2n) is 4.30. The molecule has 1 unspecified atom stereocenters. The first-order chi connectivity index (χ1) is 9.66. The van der Waals surface area contributed by atoms with Gasteiger partial charge in [-0.25, -0.2) is 4.84 Å². The number of nitro groups is 1. The molecule has 100 valence electrons. The summed E-state index contributed by atoms with van der Waals surface area (Å²) in [6, 6.07) is 14.8. The summed E-state index contributed by atoms with van der Waals surface area (Å²) >= 11 is 0. The van der Waals surface area contributed by atoms with Crippen molar-refractivity contribution < 1.29 is 14.6 Å². The Morgan fingerprint density at radius 3 is 2.35 bits per heavy atom. The molecule has 1 amide bonds. The smallest absolute Gasteiger partial charge is 0.267 e. The summed E-state index contributed by atoms with van der Waals surface area (Å²) in [5.41, 5.74) is 1.20. The number of hydroxylamine groups is 2. The molecule has 1 aliphatic heterocycles. The van der Waals surface area contributed by atoms with Gasteiger partial charge in [-0.1, -0.05) is 30.3 Å². The van der Waals surface area contributed by atoms with Gasteiger partial charge in [0, 0.05) is 23.3 Å². The third kappa shape index (κ3) is 2.24. The van der Waals surface area contributed by atoms with Gasteiger partial charge >= 0.3 is 0 Å². The molecule has 1 atom stereocenters. The molecule has 2 aromatic rings. The molecule has 2 aromatic carbocycles. The van der Waals surface area contributed by atoms with Crippen molar-refractivity contribution in [3.8, 4) is 0 Å². The normalized spacial score (nSPS) is 16.8. The highest BCUT2D eigenvalue weighted by Gasteiger charge is 2.42. The van der Waals surface area contributed by atoms with Crippen molar-refractivity contribution in [2.24, 2.45) is 0 Å². The SMILES string of the molecule is O=C(c1ccc([N+](=O)[O-])cc1)N1OC1c1ccccc1. The van der Waals surface area contributed by atoms with Crippen molar-refractivity contribution in [3.63, 3.8) is 0 Å². The van der Waals surface area contributed by atoms with Crippen LogP contribution in [0.1, 0.15) is 22.1 Å². The van der Waals surface area contributed by atoms with Crippen molar-refractivity contribution in [1.29, 1.82) is 0 Å². The maximum absolute atomic E-state index is 12.1. The first-order valence-corrected chi connectivity index (χ1v) is 5.96. The molecule has 0 bridgehead atoms. The molecule has 0 aliphatic carbocycles. The molecule has 1 heterocycles. The average Bonchev–Trinajstić information content (AvgIpc) is 3.28. The maximum Gasteiger partial charge on any atom is 0.280 e. The molecule has 6 nitrogen and oxygen atoms in total. The molecular formula is C14H10N2O4. The van der Waals surface area contributed by atoms with E-state index < -0.39 is 4.92 Å². The minimum absolute atomic E-state index is 0.0483. The number of nitro benzene ring substituents is 1. The Balaban J connectivity index is 1.73. The minimum Gasteiger partial charge on any atom is -0.267 e. The van der Waals surface area contributed by atoms with E-state index in [0.717, 1.165) is 5.56 Å². The monoisotopic (exact) mass is 270 g/mol. The third-order valence-electron chi connectivity index (χ3n) is 2.99. The minimum atomic E-state index is -0.505. The molecule has 0 spiro atoms. The summed E-state index contributed by atoms with van der Waals surface area (Å²) in [5, 5.41) is 11.8.